The molecule has 0 spiro atoms. The van der Waals surface area contributed by atoms with Crippen LogP contribution in [0.2, 0.25) is 0 Å². The number of unbranched alkanes of at least 4 members (excludes halogenated alkanes) is 24. The fourth-order valence-electron chi connectivity index (χ4n) is 5.63. The number of hydrogen-bond acceptors (Lipinski definition) is 4. The molecule has 0 bridgehead atoms. The molecule has 3 atom stereocenters. The van der Waals surface area contributed by atoms with Gasteiger partial charge in [-0.2, -0.15) is 0 Å². The molecule has 1 amide bonds. The van der Waals surface area contributed by atoms with Crippen LogP contribution >= 0.6 is 0 Å². The normalized spacial score (nSPS) is 13.8. The molecule has 0 aliphatic carbocycles. The van der Waals surface area contributed by atoms with Crippen LogP contribution in [0.1, 0.15) is 194 Å². The Morgan fingerprint density at radius 3 is 1.20 bits per heavy atom. The highest BCUT2D eigenvalue weighted by Crippen LogP contribution is 2.16. The number of rotatable bonds is 32. The number of carbonyl (C=O) groups is 1. The van der Waals surface area contributed by atoms with Crippen LogP contribution in [0.25, 0.3) is 0 Å². The third-order valence-corrected chi connectivity index (χ3v) is 8.46. The van der Waals surface area contributed by atoms with Gasteiger partial charge in [-0.3, -0.25) is 4.79 Å². The second kappa shape index (κ2) is 31.3. The smallest absolute Gasteiger partial charge is 0.220 e. The zero-order valence-electron chi connectivity index (χ0n) is 27.0. The minimum atomic E-state index is -1.13. The highest BCUT2D eigenvalue weighted by molar-refractivity contribution is 5.76. The monoisotopic (exact) mass is 570 g/mol. The van der Waals surface area contributed by atoms with E-state index < -0.39 is 18.2 Å². The van der Waals surface area contributed by atoms with Crippen molar-refractivity contribution in [3.8, 4) is 0 Å². The van der Waals surface area contributed by atoms with Crippen molar-refractivity contribution >= 4 is 5.91 Å². The van der Waals surface area contributed by atoms with Gasteiger partial charge in [0, 0.05) is 6.42 Å². The number of nitrogens with one attached hydrogen (secondary N) is 1. The molecule has 0 saturated carbocycles. The molecule has 0 aromatic carbocycles. The molecule has 0 saturated heterocycles. The number of carbonyl (C=O) groups excluding carboxylic acids is 1. The summed E-state index contributed by atoms with van der Waals surface area (Å²) in [7, 11) is 0. The molecule has 40 heavy (non-hydrogen) atoms. The first-order valence-electron chi connectivity index (χ1n) is 17.8. The first-order chi connectivity index (χ1) is 19.6. The van der Waals surface area contributed by atoms with Crippen molar-refractivity contribution in [3.63, 3.8) is 0 Å². The van der Waals surface area contributed by atoms with E-state index in [9.17, 15) is 20.1 Å². The topological polar surface area (TPSA) is 89.8 Å². The van der Waals surface area contributed by atoms with Crippen molar-refractivity contribution < 1.29 is 20.1 Å². The van der Waals surface area contributed by atoms with E-state index in [4.69, 9.17) is 0 Å². The van der Waals surface area contributed by atoms with Gasteiger partial charge in [-0.25, -0.2) is 0 Å². The Hall–Kier alpha value is -0.650. The molecule has 0 aliphatic heterocycles. The first-order valence-corrected chi connectivity index (χ1v) is 17.8. The number of aliphatic hydroxyl groups excluding tert-OH is 3. The summed E-state index contributed by atoms with van der Waals surface area (Å²) < 4.78 is 0. The Labute approximate surface area is 249 Å². The van der Waals surface area contributed by atoms with Crippen LogP contribution < -0.4 is 5.32 Å². The maximum atomic E-state index is 12.3. The van der Waals surface area contributed by atoms with Crippen molar-refractivity contribution in [2.45, 2.75) is 212 Å². The lowest BCUT2D eigenvalue weighted by Crippen LogP contribution is -2.50. The highest BCUT2D eigenvalue weighted by atomic mass is 16.3. The molecule has 4 N–H and O–H groups in total. The molecular weight excluding hydrogens is 498 g/mol. The van der Waals surface area contributed by atoms with Crippen LogP contribution in [0.4, 0.5) is 0 Å². The molecule has 0 aliphatic rings. The summed E-state index contributed by atoms with van der Waals surface area (Å²) in [6.07, 6.45) is 32.0. The van der Waals surface area contributed by atoms with Crippen molar-refractivity contribution in [2.24, 2.45) is 0 Å². The standard InChI is InChI=1S/C35H71NO4/c1-3-5-7-9-11-13-14-15-16-17-18-19-20-21-22-24-26-28-30-34(39)36-32(31-37)35(40)33(38)29-27-25-23-12-10-8-6-4-2/h32-33,35,37-38,40H,3-31H2,1-2H3,(H,36,39)/t32-,33+,35-/m0/s1. The van der Waals surface area contributed by atoms with Gasteiger partial charge < -0.3 is 20.6 Å². The minimum Gasteiger partial charge on any atom is -0.394 e. The van der Waals surface area contributed by atoms with E-state index in [0.29, 0.717) is 12.8 Å². The van der Waals surface area contributed by atoms with Crippen molar-refractivity contribution in [1.82, 2.24) is 5.32 Å². The van der Waals surface area contributed by atoms with E-state index in [1.54, 1.807) is 0 Å². The average Bonchev–Trinajstić information content (AvgIpc) is 2.96. The highest BCUT2D eigenvalue weighted by Gasteiger charge is 2.26. The fourth-order valence-corrected chi connectivity index (χ4v) is 5.63. The number of hydrogen-bond donors (Lipinski definition) is 4. The van der Waals surface area contributed by atoms with E-state index in [1.165, 1.54) is 128 Å². The van der Waals surface area contributed by atoms with Crippen molar-refractivity contribution in [1.29, 1.82) is 0 Å². The van der Waals surface area contributed by atoms with Gasteiger partial charge in [-0.05, 0) is 12.8 Å². The Morgan fingerprint density at radius 1 is 0.525 bits per heavy atom. The number of aliphatic hydroxyl groups is 3. The molecule has 0 aromatic heterocycles. The van der Waals surface area contributed by atoms with Gasteiger partial charge in [0.1, 0.15) is 6.10 Å². The lowest BCUT2D eigenvalue weighted by molar-refractivity contribution is -0.124. The second-order valence-corrected chi connectivity index (χ2v) is 12.4. The summed E-state index contributed by atoms with van der Waals surface area (Å²) in [5.74, 6) is -0.145. The Bertz CT molecular complexity index is 516. The Balaban J connectivity index is 3.60. The Morgan fingerprint density at radius 2 is 0.850 bits per heavy atom. The molecule has 5 nitrogen and oxygen atoms in total. The summed E-state index contributed by atoms with van der Waals surface area (Å²) in [6.45, 7) is 4.14. The zero-order valence-corrected chi connectivity index (χ0v) is 27.0. The lowest BCUT2D eigenvalue weighted by Gasteiger charge is -2.26. The van der Waals surface area contributed by atoms with Gasteiger partial charge in [-0.1, -0.05) is 174 Å². The van der Waals surface area contributed by atoms with Crippen LogP contribution in [0.15, 0.2) is 0 Å². The van der Waals surface area contributed by atoms with Gasteiger partial charge >= 0.3 is 0 Å². The summed E-state index contributed by atoms with van der Waals surface area (Å²) in [4.78, 5) is 12.3. The summed E-state index contributed by atoms with van der Waals surface area (Å²) in [5, 5.41) is 33.1. The Kier molecular flexibility index (Phi) is 30.8. The molecule has 240 valence electrons. The van der Waals surface area contributed by atoms with E-state index >= 15 is 0 Å². The lowest BCUT2D eigenvalue weighted by atomic mass is 9.99. The van der Waals surface area contributed by atoms with E-state index in [1.807, 2.05) is 0 Å². The third kappa shape index (κ3) is 26.3. The van der Waals surface area contributed by atoms with E-state index in [-0.39, 0.29) is 12.5 Å². The predicted octanol–water partition coefficient (Wildman–Crippen LogP) is 9.15. The molecule has 5 heteroatoms. The van der Waals surface area contributed by atoms with Crippen LogP contribution in [0, 0.1) is 0 Å². The quantitative estimate of drug-likeness (QED) is 0.0608. The van der Waals surface area contributed by atoms with Crippen LogP contribution in [-0.2, 0) is 4.79 Å². The summed E-state index contributed by atoms with van der Waals surface area (Å²) in [5.41, 5.74) is 0. The predicted molar refractivity (Wildman–Crippen MR) is 172 cm³/mol. The molecule has 0 radical (unpaired) electrons. The van der Waals surface area contributed by atoms with Crippen molar-refractivity contribution in [3.05, 3.63) is 0 Å². The van der Waals surface area contributed by atoms with Gasteiger partial charge in [0.05, 0.1) is 18.8 Å². The van der Waals surface area contributed by atoms with Gasteiger partial charge in [-0.15, -0.1) is 0 Å². The SMILES string of the molecule is CCCCCCCCCCCCCCCCCCCCC(=O)N[C@@H](CO)[C@H](O)[C@H](O)CCCCCCCCCC. The number of amides is 1. The minimum absolute atomic E-state index is 0.145. The first kappa shape index (κ1) is 39.4. The molecular formula is C35H71NO4. The van der Waals surface area contributed by atoms with Crippen LogP contribution in [-0.4, -0.2) is 46.1 Å². The average molecular weight is 570 g/mol. The van der Waals surface area contributed by atoms with Gasteiger partial charge in [0.15, 0.2) is 0 Å². The largest absolute Gasteiger partial charge is 0.394 e. The van der Waals surface area contributed by atoms with Crippen molar-refractivity contribution in [2.75, 3.05) is 6.61 Å². The van der Waals surface area contributed by atoms with Crippen LogP contribution in [0.5, 0.6) is 0 Å². The zero-order chi connectivity index (χ0) is 29.5. The molecule has 0 aromatic rings. The molecule has 0 rings (SSSR count). The van der Waals surface area contributed by atoms with Gasteiger partial charge in [0.25, 0.3) is 0 Å². The van der Waals surface area contributed by atoms with Gasteiger partial charge in [0.2, 0.25) is 5.91 Å². The molecule has 0 heterocycles. The third-order valence-electron chi connectivity index (χ3n) is 8.46. The van der Waals surface area contributed by atoms with Crippen LogP contribution in [0.3, 0.4) is 0 Å². The second-order valence-electron chi connectivity index (χ2n) is 12.4. The maximum absolute atomic E-state index is 12.3. The van der Waals surface area contributed by atoms with E-state index in [2.05, 4.69) is 19.2 Å². The molecule has 0 fully saturated rings. The summed E-state index contributed by atoms with van der Waals surface area (Å²) in [6, 6.07) is -0.799. The summed E-state index contributed by atoms with van der Waals surface area (Å²) >= 11 is 0. The fraction of sp³-hybridized carbons (Fsp3) is 0.971. The molecule has 0 unspecified atom stereocenters. The maximum Gasteiger partial charge on any atom is 0.220 e. The van der Waals surface area contributed by atoms with E-state index in [0.717, 1.165) is 38.5 Å².